The van der Waals surface area contributed by atoms with Gasteiger partial charge in [-0.2, -0.15) is 0 Å². The molecule has 0 N–H and O–H groups in total. The molecule has 0 spiro atoms. The summed E-state index contributed by atoms with van der Waals surface area (Å²) in [7, 11) is 0. The van der Waals surface area contributed by atoms with E-state index in [0.717, 1.165) is 16.2 Å². The summed E-state index contributed by atoms with van der Waals surface area (Å²) < 4.78 is 6.62. The summed E-state index contributed by atoms with van der Waals surface area (Å²) >= 11 is 1.67. The van der Waals surface area contributed by atoms with Crippen LogP contribution >= 0.6 is 11.3 Å². The Morgan fingerprint density at radius 1 is 1.12 bits per heavy atom. The maximum absolute atomic E-state index is 11.9. The van der Waals surface area contributed by atoms with Gasteiger partial charge in [-0.3, -0.25) is 0 Å². The van der Waals surface area contributed by atoms with Gasteiger partial charge in [-0.05, 0) is 23.8 Å². The third-order valence-corrected chi connectivity index (χ3v) is 4.99. The smallest absolute Gasteiger partial charge is 0.331 e. The molecule has 2 aromatic carbocycles. The molecule has 0 saturated carbocycles. The molecule has 1 fully saturated rings. The first kappa shape index (κ1) is 14.9. The predicted molar refractivity (Wildman–Crippen MR) is 97.2 cm³/mol. The van der Waals surface area contributed by atoms with E-state index >= 15 is 0 Å². The lowest BCUT2D eigenvalue weighted by Crippen LogP contribution is -2.52. The first-order chi connectivity index (χ1) is 11.8. The zero-order valence-corrected chi connectivity index (χ0v) is 13.8. The van der Waals surface area contributed by atoms with Crippen LogP contribution in [0, 0.1) is 0 Å². The SMILES string of the molecule is O=C(/C=C/c1ccccc1)OC1CN(c2nc3ccccc3s2)C1. The average molecular weight is 336 g/mol. The Bertz CT molecular complexity index is 850. The van der Waals surface area contributed by atoms with Crippen LogP contribution < -0.4 is 4.90 Å². The van der Waals surface area contributed by atoms with E-state index in [-0.39, 0.29) is 12.1 Å². The standard InChI is InChI=1S/C19H16N2O2S/c22-18(11-10-14-6-2-1-3-7-14)23-15-12-21(13-15)19-20-16-8-4-5-9-17(16)24-19/h1-11,15H,12-13H2/b11-10+. The Hall–Kier alpha value is -2.66. The number of anilines is 1. The molecule has 3 aromatic rings. The molecule has 0 atom stereocenters. The second-order valence-electron chi connectivity index (χ2n) is 5.67. The van der Waals surface area contributed by atoms with Gasteiger partial charge in [0.15, 0.2) is 5.13 Å². The van der Waals surface area contributed by atoms with Crippen molar-refractivity contribution in [1.29, 1.82) is 0 Å². The quantitative estimate of drug-likeness (QED) is 0.538. The van der Waals surface area contributed by atoms with Gasteiger partial charge in [0.25, 0.3) is 0 Å². The minimum absolute atomic E-state index is 0.0649. The van der Waals surface area contributed by atoms with E-state index in [1.807, 2.05) is 48.5 Å². The highest BCUT2D eigenvalue weighted by molar-refractivity contribution is 7.22. The molecule has 1 aliphatic rings. The van der Waals surface area contributed by atoms with Gasteiger partial charge >= 0.3 is 5.97 Å². The lowest BCUT2D eigenvalue weighted by molar-refractivity contribution is -0.143. The summed E-state index contributed by atoms with van der Waals surface area (Å²) in [5.41, 5.74) is 2.00. The number of esters is 1. The summed E-state index contributed by atoms with van der Waals surface area (Å²) in [6.45, 7) is 1.40. The van der Waals surface area contributed by atoms with Crippen LogP contribution in [0.5, 0.6) is 0 Å². The number of hydrogen-bond donors (Lipinski definition) is 0. The van der Waals surface area contributed by atoms with Crippen molar-refractivity contribution in [2.75, 3.05) is 18.0 Å². The normalized spacial score (nSPS) is 14.9. The molecule has 0 amide bonds. The Balaban J connectivity index is 1.31. The molecule has 1 saturated heterocycles. The van der Waals surface area contributed by atoms with E-state index in [1.165, 1.54) is 10.8 Å². The molecule has 1 aliphatic heterocycles. The lowest BCUT2D eigenvalue weighted by Gasteiger charge is -2.37. The summed E-state index contributed by atoms with van der Waals surface area (Å²) in [5.74, 6) is -0.298. The van der Waals surface area contributed by atoms with Crippen molar-refractivity contribution in [1.82, 2.24) is 4.98 Å². The first-order valence-corrected chi connectivity index (χ1v) is 8.64. The number of fused-ring (bicyclic) bond motifs is 1. The van der Waals surface area contributed by atoms with Gasteiger partial charge in [0, 0.05) is 6.08 Å². The molecule has 0 bridgehead atoms. The number of para-hydroxylation sites is 1. The number of carbonyl (C=O) groups excluding carboxylic acids is 1. The minimum Gasteiger partial charge on any atom is -0.455 e. The lowest BCUT2D eigenvalue weighted by atomic mass is 10.2. The van der Waals surface area contributed by atoms with E-state index in [2.05, 4.69) is 16.0 Å². The summed E-state index contributed by atoms with van der Waals surface area (Å²) in [4.78, 5) is 18.6. The van der Waals surface area contributed by atoms with E-state index in [0.29, 0.717) is 13.1 Å². The van der Waals surface area contributed by atoms with Crippen LogP contribution in [0.15, 0.2) is 60.7 Å². The minimum atomic E-state index is -0.298. The summed E-state index contributed by atoms with van der Waals surface area (Å²) in [6, 6.07) is 17.8. The molecule has 0 unspecified atom stereocenters. The van der Waals surface area contributed by atoms with Crippen molar-refractivity contribution in [2.24, 2.45) is 0 Å². The second-order valence-corrected chi connectivity index (χ2v) is 6.68. The molecule has 0 aliphatic carbocycles. The Morgan fingerprint density at radius 2 is 1.88 bits per heavy atom. The van der Waals surface area contributed by atoms with Gasteiger partial charge in [-0.25, -0.2) is 9.78 Å². The molecule has 120 valence electrons. The van der Waals surface area contributed by atoms with Crippen molar-refractivity contribution in [3.05, 3.63) is 66.2 Å². The highest BCUT2D eigenvalue weighted by Gasteiger charge is 2.31. The van der Waals surface area contributed by atoms with Gasteiger partial charge in [0.05, 0.1) is 23.3 Å². The predicted octanol–water partition coefficient (Wildman–Crippen LogP) is 3.74. The van der Waals surface area contributed by atoms with Crippen molar-refractivity contribution >= 4 is 38.7 Å². The fraction of sp³-hybridized carbons (Fsp3) is 0.158. The second kappa shape index (κ2) is 6.45. The third kappa shape index (κ3) is 3.16. The average Bonchev–Trinajstić information content (AvgIpc) is 3.00. The molecule has 4 nitrogen and oxygen atoms in total. The molecular formula is C19H16N2O2S. The van der Waals surface area contributed by atoms with Crippen LogP contribution in [0.1, 0.15) is 5.56 Å². The maximum Gasteiger partial charge on any atom is 0.331 e. The first-order valence-electron chi connectivity index (χ1n) is 7.82. The fourth-order valence-electron chi connectivity index (χ4n) is 2.60. The highest BCUT2D eigenvalue weighted by atomic mass is 32.1. The van der Waals surface area contributed by atoms with Crippen LogP contribution in [-0.2, 0) is 9.53 Å². The zero-order valence-electron chi connectivity index (χ0n) is 13.0. The van der Waals surface area contributed by atoms with E-state index in [9.17, 15) is 4.79 Å². The number of thiazole rings is 1. The fourth-order valence-corrected chi connectivity index (χ4v) is 3.58. The Labute approximate surface area is 144 Å². The van der Waals surface area contributed by atoms with Crippen molar-refractivity contribution in [3.63, 3.8) is 0 Å². The highest BCUT2D eigenvalue weighted by Crippen LogP contribution is 2.31. The molecule has 2 heterocycles. The Morgan fingerprint density at radius 3 is 2.67 bits per heavy atom. The molecular weight excluding hydrogens is 320 g/mol. The monoisotopic (exact) mass is 336 g/mol. The molecule has 5 heteroatoms. The van der Waals surface area contributed by atoms with Gasteiger partial charge < -0.3 is 9.64 Å². The largest absolute Gasteiger partial charge is 0.455 e. The van der Waals surface area contributed by atoms with Gasteiger partial charge in [0.1, 0.15) is 6.10 Å². The summed E-state index contributed by atoms with van der Waals surface area (Å²) in [5, 5.41) is 0.989. The van der Waals surface area contributed by atoms with Crippen molar-refractivity contribution in [3.8, 4) is 0 Å². The molecule has 0 radical (unpaired) electrons. The van der Waals surface area contributed by atoms with Crippen LogP contribution in [0.2, 0.25) is 0 Å². The number of carbonyl (C=O) groups is 1. The van der Waals surface area contributed by atoms with Crippen molar-refractivity contribution < 1.29 is 9.53 Å². The number of rotatable bonds is 4. The maximum atomic E-state index is 11.9. The zero-order chi connectivity index (χ0) is 16.4. The topological polar surface area (TPSA) is 42.4 Å². The number of ether oxygens (including phenoxy) is 1. The van der Waals surface area contributed by atoms with E-state index < -0.39 is 0 Å². The Kier molecular flexibility index (Phi) is 4.01. The van der Waals surface area contributed by atoms with E-state index in [1.54, 1.807) is 17.4 Å². The van der Waals surface area contributed by atoms with Crippen LogP contribution in [0.4, 0.5) is 5.13 Å². The number of benzene rings is 2. The van der Waals surface area contributed by atoms with Gasteiger partial charge in [-0.1, -0.05) is 53.8 Å². The summed E-state index contributed by atoms with van der Waals surface area (Å²) in [6.07, 6.45) is 3.19. The van der Waals surface area contributed by atoms with Crippen LogP contribution in [0.3, 0.4) is 0 Å². The van der Waals surface area contributed by atoms with Gasteiger partial charge in [-0.15, -0.1) is 0 Å². The number of nitrogens with zero attached hydrogens (tertiary/aromatic N) is 2. The molecule has 24 heavy (non-hydrogen) atoms. The third-order valence-electron chi connectivity index (χ3n) is 3.90. The van der Waals surface area contributed by atoms with Crippen LogP contribution in [0.25, 0.3) is 16.3 Å². The van der Waals surface area contributed by atoms with Crippen molar-refractivity contribution in [2.45, 2.75) is 6.10 Å². The number of aromatic nitrogens is 1. The number of hydrogen-bond acceptors (Lipinski definition) is 5. The molecule has 1 aromatic heterocycles. The molecule has 4 rings (SSSR count). The van der Waals surface area contributed by atoms with E-state index in [4.69, 9.17) is 4.74 Å². The van der Waals surface area contributed by atoms with Crippen LogP contribution in [-0.4, -0.2) is 30.1 Å². The van der Waals surface area contributed by atoms with Gasteiger partial charge in [0.2, 0.25) is 0 Å².